The number of hydrogen-bond donors (Lipinski definition) is 2. The molecule has 2 N–H and O–H groups in total. The smallest absolute Gasteiger partial charge is 0.323 e. The second kappa shape index (κ2) is 9.05. The Kier molecular flexibility index (Phi) is 6.18. The van der Waals surface area contributed by atoms with E-state index in [4.69, 9.17) is 0 Å². The van der Waals surface area contributed by atoms with Crippen LogP contribution in [0.4, 0.5) is 20.2 Å². The van der Waals surface area contributed by atoms with Crippen LogP contribution in [-0.2, 0) is 14.8 Å². The van der Waals surface area contributed by atoms with E-state index in [-0.39, 0.29) is 15.0 Å². The molecule has 2 aromatic carbocycles. The number of thiazole rings is 1. The molecule has 0 radical (unpaired) electrons. The Bertz CT molecular complexity index is 1490. The molecule has 0 fully saturated rings. The third kappa shape index (κ3) is 5.39. The summed E-state index contributed by atoms with van der Waals surface area (Å²) in [5.41, 5.74) is 0.832. The van der Waals surface area contributed by atoms with E-state index in [0.29, 0.717) is 20.8 Å². The largest absolute Gasteiger partial charge is 0.324 e. The van der Waals surface area contributed by atoms with E-state index in [1.165, 1.54) is 66.7 Å². The van der Waals surface area contributed by atoms with Gasteiger partial charge in [0.05, 0.1) is 20.0 Å². The summed E-state index contributed by atoms with van der Waals surface area (Å²) in [6.07, 6.45) is 2.66. The van der Waals surface area contributed by atoms with Crippen LogP contribution in [-0.4, -0.2) is 24.2 Å². The van der Waals surface area contributed by atoms with Gasteiger partial charge in [0.2, 0.25) is 5.91 Å². The number of benzene rings is 2. The first kappa shape index (κ1) is 22.5. The molecule has 0 aliphatic carbocycles. The number of carbonyl (C=O) groups excluding carboxylic acids is 1. The molecule has 0 saturated heterocycles. The number of halogens is 1. The lowest BCUT2D eigenvalue weighted by molar-refractivity contribution is -0.380. The van der Waals surface area contributed by atoms with Crippen LogP contribution in [0.15, 0.2) is 65.6 Å². The highest BCUT2D eigenvalue weighted by Crippen LogP contribution is 2.28. The number of nitrogens with zero attached hydrogens (tertiary/aromatic N) is 2. The zero-order valence-corrected chi connectivity index (χ0v) is 18.8. The predicted octanol–water partition coefficient (Wildman–Crippen LogP) is 4.86. The fourth-order valence-electron chi connectivity index (χ4n) is 2.71. The first-order valence-electron chi connectivity index (χ1n) is 9.12. The van der Waals surface area contributed by atoms with Gasteiger partial charge in [-0.2, -0.15) is 0 Å². The van der Waals surface area contributed by atoms with Crippen LogP contribution in [0.1, 0.15) is 4.88 Å². The highest BCUT2D eigenvalue weighted by atomic mass is 32.2. The van der Waals surface area contributed by atoms with Crippen molar-refractivity contribution in [3.8, 4) is 0 Å². The van der Waals surface area contributed by atoms with Crippen molar-refractivity contribution in [2.75, 3.05) is 10.0 Å². The molecule has 9 nitrogen and oxygen atoms in total. The van der Waals surface area contributed by atoms with Gasteiger partial charge in [0.25, 0.3) is 10.0 Å². The van der Waals surface area contributed by atoms with Gasteiger partial charge >= 0.3 is 5.00 Å². The van der Waals surface area contributed by atoms with Crippen LogP contribution in [0.3, 0.4) is 0 Å². The van der Waals surface area contributed by atoms with Crippen LogP contribution >= 0.6 is 22.7 Å². The van der Waals surface area contributed by atoms with Gasteiger partial charge in [0, 0.05) is 22.7 Å². The van der Waals surface area contributed by atoms with Crippen LogP contribution < -0.4 is 10.0 Å². The van der Waals surface area contributed by atoms with Gasteiger partial charge in [0.15, 0.2) is 5.13 Å². The number of sulfonamides is 1. The molecule has 0 aliphatic rings. The number of thiophene rings is 1. The number of nitrogens with one attached hydrogen (secondary N) is 2. The average Bonchev–Trinajstić information content (AvgIpc) is 3.38. The number of nitro groups is 1. The molecule has 2 heterocycles. The molecular formula is C20H13FN4O5S3. The molecule has 0 bridgehead atoms. The van der Waals surface area contributed by atoms with E-state index in [9.17, 15) is 27.7 Å². The predicted molar refractivity (Wildman–Crippen MR) is 125 cm³/mol. The van der Waals surface area contributed by atoms with Gasteiger partial charge in [-0.3, -0.25) is 19.6 Å². The van der Waals surface area contributed by atoms with E-state index >= 15 is 0 Å². The molecule has 0 saturated carbocycles. The highest BCUT2D eigenvalue weighted by molar-refractivity contribution is 7.93. The van der Waals surface area contributed by atoms with Crippen molar-refractivity contribution in [1.82, 2.24) is 4.98 Å². The summed E-state index contributed by atoms with van der Waals surface area (Å²) in [5.74, 6) is -0.925. The highest BCUT2D eigenvalue weighted by Gasteiger charge is 2.17. The topological polar surface area (TPSA) is 131 Å². The zero-order chi connectivity index (χ0) is 23.6. The van der Waals surface area contributed by atoms with Crippen LogP contribution in [0.2, 0.25) is 0 Å². The maximum Gasteiger partial charge on any atom is 0.324 e. The third-order valence-corrected chi connectivity index (χ3v) is 7.62. The maximum absolute atomic E-state index is 13.3. The van der Waals surface area contributed by atoms with E-state index < -0.39 is 26.7 Å². The normalized spacial score (nSPS) is 11.7. The number of aromatic nitrogens is 1. The average molecular weight is 505 g/mol. The standard InChI is InChI=1S/C20H13FN4O5S3/c21-12-1-8-16-17(11-12)32-20(23-16)24-33(29,30)15-6-2-13(3-7-15)22-18(26)9-4-14-5-10-19(31-14)25(27)28/h1-11H,(H,22,26)(H,23,24)/b9-4+. The molecule has 0 unspecified atom stereocenters. The Labute approximate surface area is 194 Å². The molecule has 4 aromatic rings. The van der Waals surface area contributed by atoms with Crippen molar-refractivity contribution in [3.63, 3.8) is 0 Å². The fourth-order valence-corrected chi connectivity index (χ4v) is 5.55. The number of hydrogen-bond acceptors (Lipinski definition) is 8. The SMILES string of the molecule is O=C(/C=C/c1ccc([N+](=O)[O-])s1)Nc1ccc(S(=O)(=O)Nc2nc3ccc(F)cc3s2)cc1. The second-order valence-electron chi connectivity index (χ2n) is 6.52. The second-order valence-corrected chi connectivity index (χ2v) is 10.3. The minimum atomic E-state index is -3.94. The number of anilines is 2. The molecule has 0 aliphatic heterocycles. The van der Waals surface area contributed by atoms with Gasteiger partial charge in [-0.05, 0) is 54.6 Å². The monoisotopic (exact) mass is 504 g/mol. The van der Waals surface area contributed by atoms with Crippen molar-refractivity contribution in [2.24, 2.45) is 0 Å². The molecule has 13 heteroatoms. The van der Waals surface area contributed by atoms with Gasteiger partial charge in [-0.15, -0.1) is 0 Å². The summed E-state index contributed by atoms with van der Waals surface area (Å²) in [4.78, 5) is 26.9. The number of fused-ring (bicyclic) bond motifs is 1. The van der Waals surface area contributed by atoms with Gasteiger partial charge in [0.1, 0.15) is 5.82 Å². The third-order valence-electron chi connectivity index (χ3n) is 4.20. The lowest BCUT2D eigenvalue weighted by atomic mass is 10.3. The Hall–Kier alpha value is -3.68. The summed E-state index contributed by atoms with van der Waals surface area (Å²) in [7, 11) is -3.94. The number of amides is 1. The molecule has 0 atom stereocenters. The first-order chi connectivity index (χ1) is 15.7. The minimum absolute atomic E-state index is 0.0292. The Morgan fingerprint density at radius 2 is 1.85 bits per heavy atom. The van der Waals surface area contributed by atoms with Crippen LogP contribution in [0.25, 0.3) is 16.3 Å². The van der Waals surface area contributed by atoms with Gasteiger partial charge < -0.3 is 5.32 Å². The van der Waals surface area contributed by atoms with Crippen molar-refractivity contribution in [2.45, 2.75) is 4.90 Å². The first-order valence-corrected chi connectivity index (χ1v) is 12.2. The minimum Gasteiger partial charge on any atom is -0.323 e. The van der Waals surface area contributed by atoms with Crippen LogP contribution in [0, 0.1) is 15.9 Å². The molecule has 4 rings (SSSR count). The Morgan fingerprint density at radius 3 is 2.55 bits per heavy atom. The van der Waals surface area contributed by atoms with Crippen molar-refractivity contribution in [1.29, 1.82) is 0 Å². The van der Waals surface area contributed by atoms with E-state index in [1.807, 2.05) is 0 Å². The number of carbonyl (C=O) groups is 1. The Morgan fingerprint density at radius 1 is 1.09 bits per heavy atom. The molecule has 33 heavy (non-hydrogen) atoms. The maximum atomic E-state index is 13.3. The molecular weight excluding hydrogens is 491 g/mol. The summed E-state index contributed by atoms with van der Waals surface area (Å²) < 4.78 is 41.4. The zero-order valence-electron chi connectivity index (χ0n) is 16.4. The summed E-state index contributed by atoms with van der Waals surface area (Å²) >= 11 is 1.94. The number of rotatable bonds is 7. The summed E-state index contributed by atoms with van der Waals surface area (Å²) in [5, 5.41) is 13.3. The van der Waals surface area contributed by atoms with Crippen molar-refractivity contribution >= 4 is 70.7 Å². The lowest BCUT2D eigenvalue weighted by Crippen LogP contribution is -2.13. The van der Waals surface area contributed by atoms with Crippen LogP contribution in [0.5, 0.6) is 0 Å². The lowest BCUT2D eigenvalue weighted by Gasteiger charge is -2.07. The van der Waals surface area contributed by atoms with Gasteiger partial charge in [-0.1, -0.05) is 22.7 Å². The van der Waals surface area contributed by atoms with E-state index in [2.05, 4.69) is 15.0 Å². The Balaban J connectivity index is 1.41. The van der Waals surface area contributed by atoms with E-state index in [0.717, 1.165) is 22.7 Å². The van der Waals surface area contributed by atoms with E-state index in [1.54, 1.807) is 0 Å². The molecule has 1 amide bonds. The van der Waals surface area contributed by atoms with Crippen molar-refractivity contribution < 1.29 is 22.5 Å². The molecule has 2 aromatic heterocycles. The van der Waals surface area contributed by atoms with Crippen molar-refractivity contribution in [3.05, 3.63) is 81.5 Å². The van der Waals surface area contributed by atoms with Gasteiger partial charge in [-0.25, -0.2) is 17.8 Å². The summed E-state index contributed by atoms with van der Waals surface area (Å²) in [6.45, 7) is 0. The quantitative estimate of drug-likeness (QED) is 0.210. The molecule has 168 valence electrons. The molecule has 0 spiro atoms. The summed E-state index contributed by atoms with van der Waals surface area (Å²) in [6, 6.07) is 12.3. The fraction of sp³-hybridized carbons (Fsp3) is 0.